The number of aromatic nitrogens is 2. The molecule has 0 amide bonds. The maximum Gasteiger partial charge on any atom is 0.293 e. The van der Waals surface area contributed by atoms with Gasteiger partial charge in [-0.05, 0) is 12.3 Å². The first-order valence-electron chi connectivity index (χ1n) is 6.53. The molecule has 1 heterocycles. The van der Waals surface area contributed by atoms with Crippen LogP contribution in [0.5, 0.6) is 0 Å². The highest BCUT2D eigenvalue weighted by molar-refractivity contribution is 5.35. The van der Waals surface area contributed by atoms with Crippen LogP contribution in [0.3, 0.4) is 0 Å². The van der Waals surface area contributed by atoms with Crippen molar-refractivity contribution in [2.24, 2.45) is 5.92 Å². The van der Waals surface area contributed by atoms with Crippen LogP contribution in [0, 0.1) is 5.92 Å². The smallest absolute Gasteiger partial charge is 0.293 e. The van der Waals surface area contributed by atoms with Crippen molar-refractivity contribution in [3.8, 4) is 0 Å². The van der Waals surface area contributed by atoms with Crippen LogP contribution in [-0.2, 0) is 6.54 Å². The molecule has 0 saturated carbocycles. The van der Waals surface area contributed by atoms with Gasteiger partial charge in [-0.15, -0.1) is 0 Å². The predicted octanol–water partition coefficient (Wildman–Crippen LogP) is 0.445. The van der Waals surface area contributed by atoms with Crippen LogP contribution in [0.25, 0.3) is 0 Å². The largest absolute Gasteiger partial charge is 0.394 e. The van der Waals surface area contributed by atoms with Crippen molar-refractivity contribution in [1.82, 2.24) is 9.55 Å². The number of hydrogen-bond donors (Lipinski definition) is 3. The second-order valence-electron chi connectivity index (χ2n) is 5.20. The summed E-state index contributed by atoms with van der Waals surface area (Å²) in [6.07, 6.45) is 3.67. The van der Waals surface area contributed by atoms with E-state index in [-0.39, 0.29) is 24.6 Å². The summed E-state index contributed by atoms with van der Waals surface area (Å²) >= 11 is 0. The van der Waals surface area contributed by atoms with Crippen molar-refractivity contribution >= 4 is 5.82 Å². The molecule has 0 spiro atoms. The quantitative estimate of drug-likeness (QED) is 0.669. The Morgan fingerprint density at radius 3 is 2.53 bits per heavy atom. The first-order valence-corrected chi connectivity index (χ1v) is 6.53. The highest BCUT2D eigenvalue weighted by Crippen LogP contribution is 2.14. The van der Waals surface area contributed by atoms with Crippen molar-refractivity contribution in [3.63, 3.8) is 0 Å². The average molecular weight is 269 g/mol. The zero-order valence-electron chi connectivity index (χ0n) is 11.8. The Labute approximate surface area is 113 Å². The second kappa shape index (κ2) is 6.68. The fourth-order valence-corrected chi connectivity index (χ4v) is 1.76. The molecule has 1 rings (SSSR count). The number of nitrogens with zero attached hydrogens (tertiary/aromatic N) is 2. The summed E-state index contributed by atoms with van der Waals surface area (Å²) in [6, 6.07) is 0. The first-order chi connectivity index (χ1) is 8.98. The van der Waals surface area contributed by atoms with Crippen LogP contribution in [0.1, 0.15) is 27.2 Å². The zero-order chi connectivity index (χ0) is 14.5. The molecule has 0 radical (unpaired) electrons. The molecule has 0 aromatic carbocycles. The standard InChI is InChI=1S/C13H23N3O3/c1-4-13(8-17,9-18)15-11-12(19)16(6-5-14-11)7-10(2)3/h5-6,10,17-18H,4,7-9H2,1-3H3,(H,14,15). The second-order valence-corrected chi connectivity index (χ2v) is 5.20. The van der Waals surface area contributed by atoms with Crippen molar-refractivity contribution in [2.45, 2.75) is 39.3 Å². The van der Waals surface area contributed by atoms with E-state index < -0.39 is 5.54 Å². The SMILES string of the molecule is CCC(CO)(CO)Nc1nccn(CC(C)C)c1=O. The molecule has 1 aromatic rings. The molecule has 0 atom stereocenters. The summed E-state index contributed by atoms with van der Waals surface area (Å²) in [6.45, 7) is 5.96. The van der Waals surface area contributed by atoms with E-state index in [1.165, 1.54) is 0 Å². The van der Waals surface area contributed by atoms with Gasteiger partial charge in [0.15, 0.2) is 5.82 Å². The summed E-state index contributed by atoms with van der Waals surface area (Å²) in [7, 11) is 0. The van der Waals surface area contributed by atoms with E-state index in [0.29, 0.717) is 18.9 Å². The van der Waals surface area contributed by atoms with Crippen molar-refractivity contribution in [1.29, 1.82) is 0 Å². The van der Waals surface area contributed by atoms with E-state index in [1.54, 1.807) is 17.0 Å². The topological polar surface area (TPSA) is 87.4 Å². The molecule has 6 heteroatoms. The minimum Gasteiger partial charge on any atom is -0.394 e. The molecule has 6 nitrogen and oxygen atoms in total. The Morgan fingerprint density at radius 2 is 2.05 bits per heavy atom. The molecule has 0 aliphatic carbocycles. The van der Waals surface area contributed by atoms with Gasteiger partial charge < -0.3 is 20.1 Å². The fourth-order valence-electron chi connectivity index (χ4n) is 1.76. The molecule has 108 valence electrons. The summed E-state index contributed by atoms with van der Waals surface area (Å²) in [5.74, 6) is 0.507. The monoisotopic (exact) mass is 269 g/mol. The van der Waals surface area contributed by atoms with Crippen LogP contribution in [0.15, 0.2) is 17.2 Å². The number of rotatable bonds is 7. The van der Waals surface area contributed by atoms with Crippen LogP contribution < -0.4 is 10.9 Å². The number of anilines is 1. The van der Waals surface area contributed by atoms with Crippen LogP contribution in [0.4, 0.5) is 5.82 Å². The molecule has 19 heavy (non-hydrogen) atoms. The molecule has 1 aromatic heterocycles. The van der Waals surface area contributed by atoms with E-state index >= 15 is 0 Å². The molecular weight excluding hydrogens is 246 g/mol. The molecule has 0 aliphatic rings. The fraction of sp³-hybridized carbons (Fsp3) is 0.692. The average Bonchev–Trinajstić information content (AvgIpc) is 2.40. The molecule has 0 aliphatic heterocycles. The highest BCUT2D eigenvalue weighted by atomic mass is 16.3. The Morgan fingerprint density at radius 1 is 1.42 bits per heavy atom. The summed E-state index contributed by atoms with van der Waals surface area (Å²) < 4.78 is 1.58. The molecule has 0 fully saturated rings. The third kappa shape index (κ3) is 3.78. The van der Waals surface area contributed by atoms with Gasteiger partial charge in [0.2, 0.25) is 0 Å². The molecule has 0 unspecified atom stereocenters. The lowest BCUT2D eigenvalue weighted by atomic mass is 9.99. The van der Waals surface area contributed by atoms with E-state index in [4.69, 9.17) is 0 Å². The normalized spacial score (nSPS) is 11.9. The molecular formula is C13H23N3O3. The third-order valence-corrected chi connectivity index (χ3v) is 3.14. The number of aliphatic hydroxyl groups excluding tert-OH is 2. The number of aliphatic hydroxyl groups is 2. The lowest BCUT2D eigenvalue weighted by molar-refractivity contribution is 0.132. The molecule has 3 N–H and O–H groups in total. The van der Waals surface area contributed by atoms with Gasteiger partial charge >= 0.3 is 0 Å². The molecule has 0 bridgehead atoms. The maximum absolute atomic E-state index is 12.2. The Bertz CT molecular complexity index is 444. The zero-order valence-corrected chi connectivity index (χ0v) is 11.8. The van der Waals surface area contributed by atoms with Gasteiger partial charge in [-0.3, -0.25) is 4.79 Å². The van der Waals surface area contributed by atoms with Gasteiger partial charge in [-0.25, -0.2) is 4.98 Å². The van der Waals surface area contributed by atoms with Gasteiger partial charge in [0.25, 0.3) is 5.56 Å². The third-order valence-electron chi connectivity index (χ3n) is 3.14. The summed E-state index contributed by atoms with van der Waals surface area (Å²) in [5.41, 5.74) is -1.15. The van der Waals surface area contributed by atoms with Crippen LogP contribution in [0.2, 0.25) is 0 Å². The minimum atomic E-state index is -0.914. The van der Waals surface area contributed by atoms with Gasteiger partial charge in [-0.2, -0.15) is 0 Å². The van der Waals surface area contributed by atoms with Gasteiger partial charge in [0, 0.05) is 18.9 Å². The Balaban J connectivity index is 3.05. The van der Waals surface area contributed by atoms with Crippen molar-refractivity contribution in [3.05, 3.63) is 22.7 Å². The number of nitrogens with one attached hydrogen (secondary N) is 1. The first kappa shape index (κ1) is 15.7. The Kier molecular flexibility index (Phi) is 5.50. The van der Waals surface area contributed by atoms with E-state index in [1.807, 2.05) is 20.8 Å². The van der Waals surface area contributed by atoms with E-state index in [0.717, 1.165) is 0 Å². The van der Waals surface area contributed by atoms with Crippen molar-refractivity contribution in [2.75, 3.05) is 18.5 Å². The predicted molar refractivity (Wildman–Crippen MR) is 74.2 cm³/mol. The Hall–Kier alpha value is -1.40. The highest BCUT2D eigenvalue weighted by Gasteiger charge is 2.28. The van der Waals surface area contributed by atoms with Gasteiger partial charge in [0.05, 0.1) is 18.8 Å². The number of hydrogen-bond acceptors (Lipinski definition) is 5. The van der Waals surface area contributed by atoms with Crippen LogP contribution >= 0.6 is 0 Å². The summed E-state index contributed by atoms with van der Waals surface area (Å²) in [4.78, 5) is 16.2. The maximum atomic E-state index is 12.2. The van der Waals surface area contributed by atoms with Crippen LogP contribution in [-0.4, -0.2) is 38.5 Å². The summed E-state index contributed by atoms with van der Waals surface area (Å²) in [5, 5.41) is 21.6. The van der Waals surface area contributed by atoms with Gasteiger partial charge in [0.1, 0.15) is 0 Å². The van der Waals surface area contributed by atoms with E-state index in [9.17, 15) is 15.0 Å². The van der Waals surface area contributed by atoms with E-state index in [2.05, 4.69) is 10.3 Å². The van der Waals surface area contributed by atoms with Gasteiger partial charge in [-0.1, -0.05) is 20.8 Å². The van der Waals surface area contributed by atoms with Crippen molar-refractivity contribution < 1.29 is 10.2 Å². The molecule has 0 saturated heterocycles. The lowest BCUT2D eigenvalue weighted by Crippen LogP contribution is -2.47. The lowest BCUT2D eigenvalue weighted by Gasteiger charge is -2.30. The minimum absolute atomic E-state index is 0.160.